The van der Waals surface area contributed by atoms with Crippen molar-refractivity contribution in [2.45, 2.75) is 112 Å². The first kappa shape index (κ1) is 106. The average Bonchev–Trinajstić information content (AvgIpc) is 1.33. The van der Waals surface area contributed by atoms with Gasteiger partial charge in [0.2, 0.25) is 0 Å². The Labute approximate surface area is 799 Å². The van der Waals surface area contributed by atoms with Crippen LogP contribution in [0.2, 0.25) is 0 Å². The molecule has 122 heavy (non-hydrogen) atoms. The number of carbonyl (C=O) groups is 10. The summed E-state index contributed by atoms with van der Waals surface area (Å²) in [5.74, 6) is 7.62. The first-order valence-electron chi connectivity index (χ1n) is 38.7. The standard InChI is InChI=1S/2C21H26N2O2S4.C19H22N2O2S2.C11H10N2O4.C9H12S3.C8H10S2/c2*24-20(18-6-14(10-26)4-15(7-18)11-27)22-2-1-3-23-21(25)19-8-16(12-28)5-17(9-19)13-29;22-18(16-6-2-14(12-24)3-7-16)20-10-1-11-21-19(23)17-8-4-15(13-25)5-9-17;14-8-2-3-9(15)12(8)6-1-7-13-10(16)4-5-11(13)17;10-4-7-1-8(5-11)3-9(2-7)6-12;9-5-7-1-2-8(6-10)4-3-7/h2*4-9,26-29H,1-3,10-13H2,(H,22,24)(H,23,25);2-9,24-25H,1,10-13H2,(H,20,22)(H,21,23);2-5H,1,6-7H2;1-3,10-12H,4-6H2;1-4,9-10H,5-6H2. The van der Waals surface area contributed by atoms with Crippen molar-refractivity contribution >= 4 is 249 Å². The zero-order chi connectivity index (χ0) is 89.3. The number of imide groups is 2. The second kappa shape index (κ2) is 60.3. The molecule has 18 nitrogen and oxygen atoms in total. The molecule has 8 aromatic rings. The maximum Gasteiger partial charge on any atom is 0.253 e. The maximum atomic E-state index is 12.4. The minimum absolute atomic E-state index is 0.112. The van der Waals surface area contributed by atoms with Gasteiger partial charge in [-0.05, 0) is 182 Å². The third-order valence-electron chi connectivity index (χ3n) is 17.9. The summed E-state index contributed by atoms with van der Waals surface area (Å²) in [6.07, 6.45) is 7.14. The molecule has 33 heteroatoms. The van der Waals surface area contributed by atoms with Gasteiger partial charge in [0.25, 0.3) is 59.1 Å². The Morgan fingerprint density at radius 3 is 0.508 bits per heavy atom. The highest BCUT2D eigenvalue weighted by Gasteiger charge is 2.26. The van der Waals surface area contributed by atoms with E-state index in [1.54, 1.807) is 24.3 Å². The molecule has 10 amide bonds. The number of nitrogens with one attached hydrogen (secondary N) is 6. The Balaban J connectivity index is 0.000000269. The van der Waals surface area contributed by atoms with Crippen LogP contribution in [-0.4, -0.2) is 121 Å². The summed E-state index contributed by atoms with van der Waals surface area (Å²) in [6.45, 7) is 3.32. The molecule has 6 N–H and O–H groups in total. The van der Waals surface area contributed by atoms with Gasteiger partial charge in [-0.15, -0.1) is 0 Å². The summed E-state index contributed by atoms with van der Waals surface area (Å²) in [4.78, 5) is 120. The number of hydrogen-bond donors (Lipinski definition) is 21. The van der Waals surface area contributed by atoms with Gasteiger partial charge in [-0.3, -0.25) is 57.7 Å². The highest BCUT2D eigenvalue weighted by atomic mass is 32.1. The van der Waals surface area contributed by atoms with Gasteiger partial charge in [0.1, 0.15) is 0 Å². The molecule has 0 aromatic heterocycles. The molecular weight excluding hydrogens is 1820 g/mol. The maximum absolute atomic E-state index is 12.4. The van der Waals surface area contributed by atoms with Gasteiger partial charge in [0.15, 0.2) is 0 Å². The van der Waals surface area contributed by atoms with Crippen molar-refractivity contribution in [1.82, 2.24) is 41.7 Å². The van der Waals surface area contributed by atoms with E-state index in [9.17, 15) is 47.9 Å². The lowest BCUT2D eigenvalue weighted by atomic mass is 10.1. The first-order chi connectivity index (χ1) is 58.9. The van der Waals surface area contributed by atoms with Crippen LogP contribution < -0.4 is 31.9 Å². The van der Waals surface area contributed by atoms with Crippen LogP contribution in [0.25, 0.3) is 0 Å². The molecule has 2 aliphatic rings. The molecule has 0 unspecified atom stereocenters. The van der Waals surface area contributed by atoms with Gasteiger partial charge < -0.3 is 31.9 Å². The number of amides is 10. The monoisotopic (exact) mass is 1930 g/mol. The van der Waals surface area contributed by atoms with E-state index >= 15 is 0 Å². The quantitative estimate of drug-likeness (QED) is 0.00996. The lowest BCUT2D eigenvalue weighted by Gasteiger charge is -2.17. The lowest BCUT2D eigenvalue weighted by molar-refractivity contribution is -0.137. The number of nitrogens with zero attached hydrogens (tertiary/aromatic N) is 2. The molecule has 0 radical (unpaired) electrons. The van der Waals surface area contributed by atoms with Crippen LogP contribution in [0.4, 0.5) is 0 Å². The van der Waals surface area contributed by atoms with Gasteiger partial charge in [-0.2, -0.15) is 189 Å². The molecule has 10 rings (SSSR count). The molecule has 0 aliphatic carbocycles. The summed E-state index contributed by atoms with van der Waals surface area (Å²) in [7, 11) is 0. The minimum Gasteiger partial charge on any atom is -0.352 e. The van der Waals surface area contributed by atoms with Crippen LogP contribution in [0, 0.1) is 0 Å². The molecule has 0 saturated heterocycles. The first-order valence-corrected chi connectivity index (χ1v) is 48.2. The number of benzene rings is 8. The van der Waals surface area contributed by atoms with E-state index in [0.717, 1.165) is 94.2 Å². The van der Waals surface area contributed by atoms with Crippen molar-refractivity contribution in [2.24, 2.45) is 0 Å². The third-order valence-corrected chi connectivity index (χ3v) is 23.4. The highest BCUT2D eigenvalue weighted by molar-refractivity contribution is 7.81. The van der Waals surface area contributed by atoms with Crippen LogP contribution >= 0.6 is 189 Å². The van der Waals surface area contributed by atoms with Crippen molar-refractivity contribution < 1.29 is 47.9 Å². The molecule has 2 heterocycles. The summed E-state index contributed by atoms with van der Waals surface area (Å²) in [5, 5.41) is 17.3. The fraction of sp³-hybridized carbons (Fsp3) is 0.303. The van der Waals surface area contributed by atoms with Crippen LogP contribution in [0.5, 0.6) is 0 Å². The predicted molar refractivity (Wildman–Crippen MR) is 546 cm³/mol. The Kier molecular flexibility index (Phi) is 52.5. The molecule has 0 saturated carbocycles. The van der Waals surface area contributed by atoms with Gasteiger partial charge in [-0.25, -0.2) is 0 Å². The Bertz CT molecular complexity index is 4230. The second-order valence-electron chi connectivity index (χ2n) is 27.2. The largest absolute Gasteiger partial charge is 0.352 e. The van der Waals surface area contributed by atoms with E-state index in [0.29, 0.717) is 156 Å². The molecule has 8 aromatic carbocycles. The van der Waals surface area contributed by atoms with Crippen molar-refractivity contribution in [3.05, 3.63) is 305 Å². The molecule has 0 fully saturated rings. The highest BCUT2D eigenvalue weighted by Crippen LogP contribution is 2.21. The normalized spacial score (nSPS) is 11.6. The number of rotatable bonds is 37. The van der Waals surface area contributed by atoms with Crippen LogP contribution in [0.15, 0.2) is 188 Å². The summed E-state index contributed by atoms with van der Waals surface area (Å²) in [6, 6.07) is 52.1. The number of carbonyl (C=O) groups excluding carboxylic acids is 10. The smallest absolute Gasteiger partial charge is 0.253 e. The minimum atomic E-state index is -0.354. The van der Waals surface area contributed by atoms with Crippen molar-refractivity contribution in [3.63, 3.8) is 0 Å². The van der Waals surface area contributed by atoms with E-state index in [-0.39, 0.29) is 72.2 Å². The van der Waals surface area contributed by atoms with E-state index in [1.165, 1.54) is 52.1 Å². The molecule has 0 spiro atoms. The van der Waals surface area contributed by atoms with Crippen LogP contribution in [0.1, 0.15) is 171 Å². The molecule has 2 aliphatic heterocycles. The zero-order valence-electron chi connectivity index (χ0n) is 67.2. The second-order valence-corrected chi connectivity index (χ2v) is 31.9. The van der Waals surface area contributed by atoms with E-state index < -0.39 is 0 Å². The number of thiol groups is 15. The average molecular weight is 1930 g/mol. The van der Waals surface area contributed by atoms with E-state index in [2.05, 4.69) is 264 Å². The van der Waals surface area contributed by atoms with Gasteiger partial charge in [-0.1, -0.05) is 91.0 Å². The SMILES string of the molecule is O=C(NCCCNC(=O)c1cc(CS)cc(CS)c1)c1cc(CS)cc(CS)c1.O=C(NCCCNC(=O)c1cc(CS)cc(CS)c1)c1cc(CS)cc(CS)c1.O=C(NCCCNC(=O)c1ccc(CS)cc1)c1ccc(CS)cc1.O=C1C=CC(=O)N1CCCN1C(=O)C=CC1=O.SCc1cc(CS)cc(CS)c1.SCc1ccc(CS)cc1. The van der Waals surface area contributed by atoms with Gasteiger partial charge in [0.05, 0.1) is 0 Å². The Hall–Kier alpha value is -6.41. The van der Waals surface area contributed by atoms with E-state index in [4.69, 9.17) is 0 Å². The van der Waals surface area contributed by atoms with Crippen LogP contribution in [-0.2, 0) is 105 Å². The summed E-state index contributed by atoms with van der Waals surface area (Å²) >= 11 is 63.6. The fourth-order valence-corrected chi connectivity index (χ4v) is 14.3. The fourth-order valence-electron chi connectivity index (χ4n) is 11.5. The van der Waals surface area contributed by atoms with Crippen molar-refractivity contribution in [3.8, 4) is 0 Å². The molecule has 0 atom stereocenters. The predicted octanol–water partition coefficient (Wildman–Crippen LogP) is 15.8. The molecular formula is C89H106N8O10S15. The summed E-state index contributed by atoms with van der Waals surface area (Å²) in [5.41, 5.74) is 20.0. The van der Waals surface area contributed by atoms with Crippen molar-refractivity contribution in [2.75, 3.05) is 52.4 Å². The molecule has 652 valence electrons. The topological polar surface area (TPSA) is 249 Å². The lowest BCUT2D eigenvalue weighted by Crippen LogP contribution is -2.36. The van der Waals surface area contributed by atoms with E-state index in [1.807, 2.05) is 97.1 Å². The summed E-state index contributed by atoms with van der Waals surface area (Å²) < 4.78 is 0. The van der Waals surface area contributed by atoms with Gasteiger partial charge in [0, 0.05) is 196 Å². The molecule has 0 bridgehead atoms. The third kappa shape index (κ3) is 38.4. The van der Waals surface area contributed by atoms with Crippen molar-refractivity contribution in [1.29, 1.82) is 0 Å². The van der Waals surface area contributed by atoms with Crippen LogP contribution in [0.3, 0.4) is 0 Å². The zero-order valence-corrected chi connectivity index (χ0v) is 80.6. The Morgan fingerprint density at radius 2 is 0.344 bits per heavy atom. The number of hydrogen-bond acceptors (Lipinski definition) is 25. The Morgan fingerprint density at radius 1 is 0.197 bits per heavy atom. The van der Waals surface area contributed by atoms with Gasteiger partial charge >= 0.3 is 0 Å².